The lowest BCUT2D eigenvalue weighted by Crippen LogP contribution is -2.08. The van der Waals surface area contributed by atoms with Crippen LogP contribution in [0, 0.1) is 0 Å². The molecule has 0 amide bonds. The van der Waals surface area contributed by atoms with E-state index >= 15 is 0 Å². The van der Waals surface area contributed by atoms with Crippen LogP contribution in [0.25, 0.3) is 11.0 Å². The van der Waals surface area contributed by atoms with E-state index in [1.54, 1.807) is 6.07 Å². The second kappa shape index (κ2) is 12.7. The van der Waals surface area contributed by atoms with E-state index in [9.17, 15) is 4.79 Å². The molecule has 0 aliphatic heterocycles. The molecule has 0 aliphatic carbocycles. The Kier molecular flexibility index (Phi) is 9.95. The Bertz CT molecular complexity index is 991. The Labute approximate surface area is 185 Å². The largest absolute Gasteiger partial charge is 0.493 e. The predicted octanol–water partition coefficient (Wildman–Crippen LogP) is 6.61. The van der Waals surface area contributed by atoms with Gasteiger partial charge < -0.3 is 18.6 Å². The lowest BCUT2D eigenvalue weighted by Gasteiger charge is -2.12. The van der Waals surface area contributed by atoms with Crippen molar-refractivity contribution in [3.05, 3.63) is 64.1 Å². The molecule has 0 radical (unpaired) electrons. The number of benzene rings is 1. The molecular weight excluding hydrogens is 392 g/mol. The van der Waals surface area contributed by atoms with E-state index in [-0.39, 0.29) is 5.75 Å². The maximum atomic E-state index is 12.4. The first-order valence-corrected chi connectivity index (χ1v) is 10.8. The van der Waals surface area contributed by atoms with Gasteiger partial charge in [-0.15, -0.1) is 0 Å². The standard InChI is InChI=1S/C26H34O5/c1-6-7-8-9-16-29-21-13-14-22-23(18-21)31-26(27)25(28-5)24(22)30-17-15-20(4)12-10-11-19(2)3/h7-8,11,13-15,18H,6,9-10,12,16-17H2,1-5H3/b8-7?,20-15+. The monoisotopic (exact) mass is 426 g/mol. The molecule has 0 N–H and O–H groups in total. The number of allylic oxidation sites excluding steroid dienone is 4. The summed E-state index contributed by atoms with van der Waals surface area (Å²) in [5, 5.41) is 0.672. The molecule has 1 aromatic heterocycles. The first-order chi connectivity index (χ1) is 15.0. The van der Waals surface area contributed by atoms with Crippen LogP contribution in [-0.4, -0.2) is 20.3 Å². The van der Waals surface area contributed by atoms with Gasteiger partial charge in [0.05, 0.1) is 19.1 Å². The van der Waals surface area contributed by atoms with E-state index in [0.29, 0.717) is 35.7 Å². The van der Waals surface area contributed by atoms with Crippen molar-refractivity contribution in [2.45, 2.75) is 53.4 Å². The van der Waals surface area contributed by atoms with Gasteiger partial charge in [0.25, 0.3) is 0 Å². The molecule has 31 heavy (non-hydrogen) atoms. The molecule has 1 heterocycles. The van der Waals surface area contributed by atoms with Gasteiger partial charge in [0.1, 0.15) is 17.9 Å². The third-order valence-electron chi connectivity index (χ3n) is 4.70. The fourth-order valence-corrected chi connectivity index (χ4v) is 3.03. The van der Waals surface area contributed by atoms with Gasteiger partial charge in [-0.25, -0.2) is 4.79 Å². The van der Waals surface area contributed by atoms with Crippen LogP contribution in [-0.2, 0) is 0 Å². The van der Waals surface area contributed by atoms with Crippen LogP contribution >= 0.6 is 0 Å². The van der Waals surface area contributed by atoms with Gasteiger partial charge in [0.2, 0.25) is 5.75 Å². The highest BCUT2D eigenvalue weighted by atomic mass is 16.5. The van der Waals surface area contributed by atoms with E-state index in [1.807, 2.05) is 18.2 Å². The Hall–Kier alpha value is -2.95. The summed E-state index contributed by atoms with van der Waals surface area (Å²) in [6.45, 7) is 9.27. The van der Waals surface area contributed by atoms with Gasteiger partial charge in [-0.2, -0.15) is 0 Å². The molecule has 0 saturated heterocycles. The van der Waals surface area contributed by atoms with Gasteiger partial charge in [-0.1, -0.05) is 36.3 Å². The molecular formula is C26H34O5. The molecule has 5 heteroatoms. The maximum absolute atomic E-state index is 12.4. The minimum atomic E-state index is -0.572. The van der Waals surface area contributed by atoms with Crippen LogP contribution in [0.1, 0.15) is 53.4 Å². The number of methoxy groups -OCH3 is 1. The maximum Gasteiger partial charge on any atom is 0.383 e. The SMILES string of the molecule is CCC=CCCOc1ccc2c(OC/C=C(\C)CCC=C(C)C)c(OC)c(=O)oc2c1. The molecule has 0 unspecified atom stereocenters. The zero-order chi connectivity index (χ0) is 22.6. The normalized spacial score (nSPS) is 11.7. The van der Waals surface area contributed by atoms with Gasteiger partial charge in [0.15, 0.2) is 5.75 Å². The Morgan fingerprint density at radius 1 is 1.03 bits per heavy atom. The molecule has 1 aromatic carbocycles. The van der Waals surface area contributed by atoms with E-state index in [4.69, 9.17) is 18.6 Å². The number of fused-ring (bicyclic) bond motifs is 1. The number of ether oxygens (including phenoxy) is 3. The van der Waals surface area contributed by atoms with E-state index < -0.39 is 5.63 Å². The summed E-state index contributed by atoms with van der Waals surface area (Å²) in [6.07, 6.45) is 12.3. The van der Waals surface area contributed by atoms with E-state index in [2.05, 4.69) is 45.9 Å². The third kappa shape index (κ3) is 7.67. The Morgan fingerprint density at radius 3 is 2.55 bits per heavy atom. The van der Waals surface area contributed by atoms with Crippen molar-refractivity contribution in [3.8, 4) is 17.2 Å². The van der Waals surface area contributed by atoms with Gasteiger partial charge in [-0.3, -0.25) is 0 Å². The summed E-state index contributed by atoms with van der Waals surface area (Å²) >= 11 is 0. The number of hydrogen-bond acceptors (Lipinski definition) is 5. The highest BCUT2D eigenvalue weighted by Gasteiger charge is 2.17. The third-order valence-corrected chi connectivity index (χ3v) is 4.70. The van der Waals surface area contributed by atoms with Gasteiger partial charge in [0, 0.05) is 6.07 Å². The van der Waals surface area contributed by atoms with Crippen molar-refractivity contribution in [1.29, 1.82) is 0 Å². The van der Waals surface area contributed by atoms with Gasteiger partial charge in [-0.05, 0) is 64.7 Å². The fraction of sp³-hybridized carbons (Fsp3) is 0.423. The lowest BCUT2D eigenvalue weighted by atomic mass is 10.1. The quantitative estimate of drug-likeness (QED) is 0.217. The van der Waals surface area contributed by atoms with Crippen LogP contribution in [0.2, 0.25) is 0 Å². The molecule has 0 saturated carbocycles. The van der Waals surface area contributed by atoms with Crippen LogP contribution < -0.4 is 19.8 Å². The Morgan fingerprint density at radius 2 is 1.84 bits per heavy atom. The van der Waals surface area contributed by atoms with Crippen molar-refractivity contribution >= 4 is 11.0 Å². The molecule has 0 aliphatic rings. The van der Waals surface area contributed by atoms with Crippen LogP contribution in [0.5, 0.6) is 17.2 Å². The summed E-state index contributed by atoms with van der Waals surface area (Å²) < 4.78 is 22.4. The van der Waals surface area contributed by atoms with Crippen LogP contribution in [0.3, 0.4) is 0 Å². The molecule has 0 spiro atoms. The number of hydrogen-bond donors (Lipinski definition) is 0. The minimum Gasteiger partial charge on any atom is -0.493 e. The zero-order valence-corrected chi connectivity index (χ0v) is 19.3. The van der Waals surface area contributed by atoms with Gasteiger partial charge >= 0.3 is 5.63 Å². The smallest absolute Gasteiger partial charge is 0.383 e. The summed E-state index contributed by atoms with van der Waals surface area (Å²) in [6, 6.07) is 5.39. The highest BCUT2D eigenvalue weighted by Crippen LogP contribution is 2.34. The average molecular weight is 427 g/mol. The highest BCUT2D eigenvalue weighted by molar-refractivity contribution is 5.86. The first-order valence-electron chi connectivity index (χ1n) is 10.8. The predicted molar refractivity (Wildman–Crippen MR) is 126 cm³/mol. The van der Waals surface area contributed by atoms with E-state index in [1.165, 1.54) is 18.3 Å². The Balaban J connectivity index is 2.17. The van der Waals surface area contributed by atoms with Crippen molar-refractivity contribution in [3.63, 3.8) is 0 Å². The average Bonchev–Trinajstić information content (AvgIpc) is 2.73. The number of rotatable bonds is 12. The lowest BCUT2D eigenvalue weighted by molar-refractivity contribution is 0.314. The van der Waals surface area contributed by atoms with Crippen molar-refractivity contribution < 1.29 is 18.6 Å². The van der Waals surface area contributed by atoms with Crippen molar-refractivity contribution in [2.24, 2.45) is 0 Å². The molecule has 0 atom stereocenters. The first kappa shape index (κ1) is 24.3. The molecule has 5 nitrogen and oxygen atoms in total. The minimum absolute atomic E-state index is 0.0708. The van der Waals surface area contributed by atoms with E-state index in [0.717, 1.165) is 25.7 Å². The summed E-state index contributed by atoms with van der Waals surface area (Å²) in [5.41, 5.74) is 2.39. The second-order valence-corrected chi connectivity index (χ2v) is 7.61. The summed E-state index contributed by atoms with van der Waals surface area (Å²) in [5.74, 6) is 1.10. The second-order valence-electron chi connectivity index (χ2n) is 7.61. The topological polar surface area (TPSA) is 57.9 Å². The van der Waals surface area contributed by atoms with Crippen LogP contribution in [0.4, 0.5) is 0 Å². The molecule has 168 valence electrons. The fourth-order valence-electron chi connectivity index (χ4n) is 3.03. The molecule has 0 bridgehead atoms. The van der Waals surface area contributed by atoms with Crippen molar-refractivity contribution in [2.75, 3.05) is 20.3 Å². The summed E-state index contributed by atoms with van der Waals surface area (Å²) in [4.78, 5) is 12.4. The summed E-state index contributed by atoms with van der Waals surface area (Å²) in [7, 11) is 1.44. The van der Waals surface area contributed by atoms with Crippen molar-refractivity contribution in [1.82, 2.24) is 0 Å². The zero-order valence-electron chi connectivity index (χ0n) is 19.3. The molecule has 2 aromatic rings. The molecule has 0 fully saturated rings. The molecule has 2 rings (SSSR count). The van der Waals surface area contributed by atoms with Crippen LogP contribution in [0.15, 0.2) is 62.9 Å².